The van der Waals surface area contributed by atoms with Crippen LogP contribution in [-0.2, 0) is 9.53 Å². The molecule has 0 amide bonds. The van der Waals surface area contributed by atoms with Gasteiger partial charge < -0.3 is 9.84 Å². The number of rotatable bonds is 2. The van der Waals surface area contributed by atoms with E-state index in [9.17, 15) is 4.79 Å². The van der Waals surface area contributed by atoms with E-state index in [0.717, 1.165) is 6.42 Å². The molecule has 76 valence electrons. The Hall–Kier alpha value is -0.570. The molecule has 1 aliphatic carbocycles. The predicted molar refractivity (Wildman–Crippen MR) is 49.7 cm³/mol. The molecule has 1 N–H and O–H groups in total. The van der Waals surface area contributed by atoms with E-state index in [1.54, 1.807) is 0 Å². The molecule has 0 aromatic carbocycles. The maximum atomic E-state index is 9.60. The van der Waals surface area contributed by atoms with Gasteiger partial charge in [0.25, 0.3) is 0 Å². The van der Waals surface area contributed by atoms with Gasteiger partial charge in [-0.25, -0.2) is 0 Å². The summed E-state index contributed by atoms with van der Waals surface area (Å²) in [5.74, 6) is -0.711. The Morgan fingerprint density at radius 2 is 1.92 bits per heavy atom. The molecule has 1 aliphatic heterocycles. The van der Waals surface area contributed by atoms with Gasteiger partial charge in [-0.2, -0.15) is 0 Å². The second-order valence-corrected chi connectivity index (χ2v) is 3.64. The fraction of sp³-hybridized carbons (Fsp3) is 0.900. The average Bonchev–Trinajstić information content (AvgIpc) is 2.82. The summed E-state index contributed by atoms with van der Waals surface area (Å²) < 4.78 is 5.28. The van der Waals surface area contributed by atoms with Crippen molar-refractivity contribution in [3.8, 4) is 0 Å². The van der Waals surface area contributed by atoms with Gasteiger partial charge in [-0.05, 0) is 19.3 Å². The van der Waals surface area contributed by atoms with Gasteiger partial charge in [0.15, 0.2) is 0 Å². The molecule has 13 heavy (non-hydrogen) atoms. The smallest absolute Gasteiger partial charge is 0.303 e. The van der Waals surface area contributed by atoms with Gasteiger partial charge >= 0.3 is 5.97 Å². The van der Waals surface area contributed by atoms with Gasteiger partial charge in [-0.3, -0.25) is 4.79 Å². The molecule has 3 nitrogen and oxygen atoms in total. The number of hydrogen-bond donors (Lipinski definition) is 1. The van der Waals surface area contributed by atoms with Crippen LogP contribution in [0.1, 0.15) is 45.4 Å². The zero-order valence-electron chi connectivity index (χ0n) is 8.16. The minimum absolute atomic E-state index is 0.292. The summed E-state index contributed by atoms with van der Waals surface area (Å²) in [6.07, 6.45) is 7.91. The first-order valence-electron chi connectivity index (χ1n) is 5.11. The second-order valence-electron chi connectivity index (χ2n) is 3.64. The Morgan fingerprint density at radius 3 is 2.15 bits per heavy atom. The van der Waals surface area contributed by atoms with Crippen LogP contribution in [0.5, 0.6) is 0 Å². The molecule has 1 heterocycles. The molecule has 2 fully saturated rings. The SMILES string of the molecule is C1CCC2OC2C1.CCCC(=O)O. The minimum Gasteiger partial charge on any atom is -0.481 e. The summed E-state index contributed by atoms with van der Waals surface area (Å²) in [5.41, 5.74) is 0. The van der Waals surface area contributed by atoms with Crippen molar-refractivity contribution < 1.29 is 14.6 Å². The van der Waals surface area contributed by atoms with Gasteiger partial charge in [-0.1, -0.05) is 19.8 Å². The van der Waals surface area contributed by atoms with E-state index in [4.69, 9.17) is 9.84 Å². The highest BCUT2D eigenvalue weighted by Gasteiger charge is 2.39. The molecule has 0 spiro atoms. The van der Waals surface area contributed by atoms with Crippen LogP contribution in [0.15, 0.2) is 0 Å². The Morgan fingerprint density at radius 1 is 1.38 bits per heavy atom. The van der Waals surface area contributed by atoms with Crippen LogP contribution in [0.3, 0.4) is 0 Å². The number of aliphatic carboxylic acids is 1. The fourth-order valence-electron chi connectivity index (χ4n) is 1.59. The van der Waals surface area contributed by atoms with E-state index < -0.39 is 5.97 Å². The third-order valence-electron chi connectivity index (χ3n) is 2.38. The van der Waals surface area contributed by atoms with E-state index >= 15 is 0 Å². The first-order valence-corrected chi connectivity index (χ1v) is 5.11. The number of carboxylic acid groups (broad SMARTS) is 1. The molecule has 2 aliphatic rings. The maximum Gasteiger partial charge on any atom is 0.303 e. The lowest BCUT2D eigenvalue weighted by Gasteiger charge is -2.00. The maximum absolute atomic E-state index is 9.60. The van der Waals surface area contributed by atoms with Gasteiger partial charge in [0.2, 0.25) is 0 Å². The zero-order valence-corrected chi connectivity index (χ0v) is 8.16. The molecule has 2 unspecified atom stereocenters. The Kier molecular flexibility index (Phi) is 4.22. The molecule has 1 saturated carbocycles. The highest BCUT2D eigenvalue weighted by atomic mass is 16.6. The van der Waals surface area contributed by atoms with Gasteiger partial charge in [0.05, 0.1) is 12.2 Å². The van der Waals surface area contributed by atoms with Crippen molar-refractivity contribution in [2.45, 2.75) is 57.7 Å². The topological polar surface area (TPSA) is 49.8 Å². The van der Waals surface area contributed by atoms with Crippen molar-refractivity contribution in [3.05, 3.63) is 0 Å². The molecule has 2 atom stereocenters. The summed E-state index contributed by atoms with van der Waals surface area (Å²) >= 11 is 0. The average molecular weight is 186 g/mol. The molecule has 0 aromatic rings. The van der Waals surface area contributed by atoms with Crippen LogP contribution in [0.2, 0.25) is 0 Å². The summed E-state index contributed by atoms with van der Waals surface area (Å²) in [4.78, 5) is 9.60. The Bertz CT molecular complexity index is 158. The van der Waals surface area contributed by atoms with E-state index in [1.807, 2.05) is 6.92 Å². The fourth-order valence-corrected chi connectivity index (χ4v) is 1.59. The first-order chi connectivity index (χ1) is 6.24. The molecular weight excluding hydrogens is 168 g/mol. The summed E-state index contributed by atoms with van der Waals surface area (Å²) in [7, 11) is 0. The third-order valence-corrected chi connectivity index (χ3v) is 2.38. The van der Waals surface area contributed by atoms with Gasteiger partial charge in [-0.15, -0.1) is 0 Å². The van der Waals surface area contributed by atoms with Gasteiger partial charge in [0, 0.05) is 6.42 Å². The van der Waals surface area contributed by atoms with Gasteiger partial charge in [0.1, 0.15) is 0 Å². The zero-order chi connectivity index (χ0) is 9.68. The highest BCUT2D eigenvalue weighted by Crippen LogP contribution is 2.35. The first kappa shape index (κ1) is 10.5. The molecule has 0 aromatic heterocycles. The van der Waals surface area contributed by atoms with Crippen LogP contribution in [0.25, 0.3) is 0 Å². The minimum atomic E-state index is -0.711. The van der Waals surface area contributed by atoms with E-state index in [-0.39, 0.29) is 0 Å². The van der Waals surface area contributed by atoms with Crippen LogP contribution in [0.4, 0.5) is 0 Å². The van der Waals surface area contributed by atoms with Crippen LogP contribution in [-0.4, -0.2) is 23.3 Å². The lowest BCUT2D eigenvalue weighted by molar-refractivity contribution is -0.137. The number of fused-ring (bicyclic) bond motifs is 1. The normalized spacial score (nSPS) is 29.6. The summed E-state index contributed by atoms with van der Waals surface area (Å²) in [5, 5.41) is 7.91. The summed E-state index contributed by atoms with van der Waals surface area (Å²) in [6, 6.07) is 0. The Labute approximate surface area is 79.1 Å². The van der Waals surface area contributed by atoms with E-state index in [2.05, 4.69) is 0 Å². The predicted octanol–water partition coefficient (Wildman–Crippen LogP) is 2.20. The van der Waals surface area contributed by atoms with Crippen molar-refractivity contribution in [2.24, 2.45) is 0 Å². The highest BCUT2D eigenvalue weighted by molar-refractivity contribution is 5.66. The number of ether oxygens (including phenoxy) is 1. The molecule has 0 bridgehead atoms. The lowest BCUT2D eigenvalue weighted by Crippen LogP contribution is -2.00. The quantitative estimate of drug-likeness (QED) is 0.672. The molecule has 0 radical (unpaired) electrons. The van der Waals surface area contributed by atoms with Crippen LogP contribution in [0, 0.1) is 0 Å². The van der Waals surface area contributed by atoms with Crippen LogP contribution < -0.4 is 0 Å². The van der Waals surface area contributed by atoms with E-state index in [0.29, 0.717) is 18.6 Å². The van der Waals surface area contributed by atoms with Crippen molar-refractivity contribution >= 4 is 5.97 Å². The summed E-state index contributed by atoms with van der Waals surface area (Å²) in [6.45, 7) is 1.84. The largest absolute Gasteiger partial charge is 0.481 e. The van der Waals surface area contributed by atoms with Crippen molar-refractivity contribution in [1.29, 1.82) is 0 Å². The standard InChI is InChI=1S/C6H10O.C4H8O2/c1-2-4-6-5(3-1)7-6;1-2-3-4(5)6/h5-6H,1-4H2;2-3H2,1H3,(H,5,6). The molecule has 1 saturated heterocycles. The number of epoxide rings is 1. The Balaban J connectivity index is 0.000000133. The second kappa shape index (κ2) is 5.22. The van der Waals surface area contributed by atoms with Crippen molar-refractivity contribution in [2.75, 3.05) is 0 Å². The molecule has 3 heteroatoms. The number of carbonyl (C=O) groups is 1. The number of hydrogen-bond acceptors (Lipinski definition) is 2. The van der Waals surface area contributed by atoms with E-state index in [1.165, 1.54) is 25.7 Å². The molecular formula is C10H18O3. The monoisotopic (exact) mass is 186 g/mol. The lowest BCUT2D eigenvalue weighted by atomic mass is 10.0. The van der Waals surface area contributed by atoms with Crippen molar-refractivity contribution in [1.82, 2.24) is 0 Å². The molecule has 2 rings (SSSR count). The number of carboxylic acids is 1. The van der Waals surface area contributed by atoms with Crippen LogP contribution >= 0.6 is 0 Å². The third kappa shape index (κ3) is 4.27. The van der Waals surface area contributed by atoms with Crippen molar-refractivity contribution in [3.63, 3.8) is 0 Å².